The van der Waals surface area contributed by atoms with Gasteiger partial charge < -0.3 is 15.4 Å². The lowest BCUT2D eigenvalue weighted by atomic mass is 10.2. The van der Waals surface area contributed by atoms with Crippen LogP contribution in [0, 0.1) is 0 Å². The molecule has 0 rings (SSSR count). The number of hydrogen-bond donors (Lipinski definition) is 2. The molecule has 1 unspecified atom stereocenters. The largest absolute Gasteiger partial charge is 0.467 e. The fraction of sp³-hybridized carbons (Fsp3) is 0.818. The van der Waals surface area contributed by atoms with E-state index in [4.69, 9.17) is 0 Å². The van der Waals surface area contributed by atoms with E-state index in [0.29, 0.717) is 6.54 Å². The van der Waals surface area contributed by atoms with Crippen molar-refractivity contribution in [2.45, 2.75) is 45.6 Å². The van der Waals surface area contributed by atoms with Gasteiger partial charge in [0.15, 0.2) is 0 Å². The van der Waals surface area contributed by atoms with E-state index >= 15 is 0 Å². The van der Waals surface area contributed by atoms with Gasteiger partial charge in [0.2, 0.25) is 0 Å². The number of carbonyl (C=O) groups excluding carboxylic acids is 2. The van der Waals surface area contributed by atoms with Crippen LogP contribution in [0.2, 0.25) is 0 Å². The molecule has 0 bridgehead atoms. The Morgan fingerprint density at radius 1 is 1.25 bits per heavy atom. The molecule has 5 heteroatoms. The van der Waals surface area contributed by atoms with Crippen molar-refractivity contribution in [3.05, 3.63) is 0 Å². The molecule has 1 atom stereocenters. The Labute approximate surface area is 96.9 Å². The highest BCUT2D eigenvalue weighted by atomic mass is 16.5. The number of unbranched alkanes of at least 4 members (excludes halogenated alkanes) is 3. The van der Waals surface area contributed by atoms with Crippen LogP contribution in [0.4, 0.5) is 4.79 Å². The number of ether oxygens (including phenoxy) is 1. The molecular formula is C11H22N2O3. The highest BCUT2D eigenvalue weighted by Gasteiger charge is 2.14. The van der Waals surface area contributed by atoms with Crippen LogP contribution >= 0.6 is 0 Å². The normalized spacial score (nSPS) is 11.7. The molecule has 0 aromatic heterocycles. The molecular weight excluding hydrogens is 208 g/mol. The molecule has 2 N–H and O–H groups in total. The highest BCUT2D eigenvalue weighted by Crippen LogP contribution is 1.96. The van der Waals surface area contributed by atoms with Gasteiger partial charge in [-0.15, -0.1) is 0 Å². The van der Waals surface area contributed by atoms with Crippen molar-refractivity contribution < 1.29 is 14.3 Å². The third kappa shape index (κ3) is 7.09. The maximum absolute atomic E-state index is 11.3. The van der Waals surface area contributed by atoms with Gasteiger partial charge in [-0.05, 0) is 13.3 Å². The van der Waals surface area contributed by atoms with E-state index in [9.17, 15) is 9.59 Å². The standard InChI is InChI=1S/C11H22N2O3/c1-4-5-6-7-8-12-11(15)13-9(2)10(14)16-3/h9H,4-8H2,1-3H3,(H2,12,13,15). The molecule has 0 aromatic carbocycles. The molecule has 0 aliphatic heterocycles. The van der Waals surface area contributed by atoms with E-state index in [1.54, 1.807) is 6.92 Å². The Morgan fingerprint density at radius 2 is 1.94 bits per heavy atom. The fourth-order valence-corrected chi connectivity index (χ4v) is 1.24. The monoisotopic (exact) mass is 230 g/mol. The lowest BCUT2D eigenvalue weighted by Crippen LogP contribution is -2.45. The second kappa shape index (κ2) is 9.00. The number of esters is 1. The molecule has 0 spiro atoms. The molecule has 16 heavy (non-hydrogen) atoms. The Morgan fingerprint density at radius 3 is 2.50 bits per heavy atom. The summed E-state index contributed by atoms with van der Waals surface area (Å²) >= 11 is 0. The van der Waals surface area contributed by atoms with Crippen molar-refractivity contribution in [2.75, 3.05) is 13.7 Å². The van der Waals surface area contributed by atoms with Gasteiger partial charge in [0.1, 0.15) is 6.04 Å². The first-order valence-corrected chi connectivity index (χ1v) is 5.74. The molecule has 94 valence electrons. The minimum Gasteiger partial charge on any atom is -0.467 e. The second-order valence-electron chi connectivity index (χ2n) is 3.71. The van der Waals surface area contributed by atoms with Crippen LogP contribution in [0.1, 0.15) is 39.5 Å². The van der Waals surface area contributed by atoms with Crippen LogP contribution < -0.4 is 10.6 Å². The summed E-state index contributed by atoms with van der Waals surface area (Å²) < 4.78 is 4.49. The summed E-state index contributed by atoms with van der Waals surface area (Å²) in [6.45, 7) is 4.36. The summed E-state index contributed by atoms with van der Waals surface area (Å²) in [5.74, 6) is -0.443. The molecule has 0 saturated carbocycles. The zero-order valence-electron chi connectivity index (χ0n) is 10.3. The zero-order valence-corrected chi connectivity index (χ0v) is 10.3. The van der Waals surface area contributed by atoms with Gasteiger partial charge in [-0.25, -0.2) is 9.59 Å². The number of rotatable bonds is 7. The lowest BCUT2D eigenvalue weighted by Gasteiger charge is -2.12. The van der Waals surface area contributed by atoms with Gasteiger partial charge in [0.05, 0.1) is 7.11 Å². The number of hydrogen-bond acceptors (Lipinski definition) is 3. The van der Waals surface area contributed by atoms with Gasteiger partial charge in [-0.3, -0.25) is 0 Å². The second-order valence-corrected chi connectivity index (χ2v) is 3.71. The number of nitrogens with one attached hydrogen (secondary N) is 2. The van der Waals surface area contributed by atoms with Crippen molar-refractivity contribution in [3.63, 3.8) is 0 Å². The van der Waals surface area contributed by atoms with E-state index in [1.807, 2.05) is 0 Å². The summed E-state index contributed by atoms with van der Waals surface area (Å²) in [6, 6.07) is -0.935. The fourth-order valence-electron chi connectivity index (χ4n) is 1.24. The quantitative estimate of drug-likeness (QED) is 0.513. The molecule has 0 aromatic rings. The van der Waals surface area contributed by atoms with Crippen LogP contribution in [0.15, 0.2) is 0 Å². The molecule has 0 aliphatic carbocycles. The molecule has 2 amide bonds. The maximum atomic E-state index is 11.3. The van der Waals surface area contributed by atoms with Crippen LogP contribution in [0.3, 0.4) is 0 Å². The van der Waals surface area contributed by atoms with Crippen molar-refractivity contribution in [3.8, 4) is 0 Å². The summed E-state index contributed by atoms with van der Waals surface area (Å²) in [7, 11) is 1.29. The predicted octanol–water partition coefficient (Wildman–Crippen LogP) is 1.43. The molecule has 0 heterocycles. The molecule has 0 radical (unpaired) electrons. The van der Waals surface area contributed by atoms with Crippen LogP contribution in [-0.4, -0.2) is 31.7 Å². The molecule has 0 fully saturated rings. The smallest absolute Gasteiger partial charge is 0.328 e. The van der Waals surface area contributed by atoms with Crippen molar-refractivity contribution in [2.24, 2.45) is 0 Å². The SMILES string of the molecule is CCCCCCNC(=O)NC(C)C(=O)OC. The van der Waals surface area contributed by atoms with Gasteiger partial charge in [0, 0.05) is 6.54 Å². The summed E-state index contributed by atoms with van der Waals surface area (Å²) in [5.41, 5.74) is 0. The minimum atomic E-state index is -0.611. The van der Waals surface area contributed by atoms with E-state index in [0.717, 1.165) is 12.8 Å². The highest BCUT2D eigenvalue weighted by molar-refractivity contribution is 5.83. The molecule has 0 aliphatic rings. The third-order valence-electron chi connectivity index (χ3n) is 2.22. The minimum absolute atomic E-state index is 0.325. The van der Waals surface area contributed by atoms with Gasteiger partial charge >= 0.3 is 12.0 Å². The summed E-state index contributed by atoms with van der Waals surface area (Å²) in [5, 5.41) is 5.19. The van der Waals surface area contributed by atoms with Gasteiger partial charge in [0.25, 0.3) is 0 Å². The number of carbonyl (C=O) groups is 2. The maximum Gasteiger partial charge on any atom is 0.328 e. The van der Waals surface area contributed by atoms with E-state index in [2.05, 4.69) is 22.3 Å². The van der Waals surface area contributed by atoms with Crippen molar-refractivity contribution >= 4 is 12.0 Å². The van der Waals surface area contributed by atoms with E-state index in [1.165, 1.54) is 20.0 Å². The number of urea groups is 1. The van der Waals surface area contributed by atoms with Crippen LogP contribution in [-0.2, 0) is 9.53 Å². The van der Waals surface area contributed by atoms with Crippen molar-refractivity contribution in [1.82, 2.24) is 10.6 Å². The van der Waals surface area contributed by atoms with Crippen LogP contribution in [0.5, 0.6) is 0 Å². The average molecular weight is 230 g/mol. The Hall–Kier alpha value is -1.26. The van der Waals surface area contributed by atoms with Gasteiger partial charge in [-0.1, -0.05) is 26.2 Å². The topological polar surface area (TPSA) is 67.4 Å². The Bertz CT molecular complexity index is 219. The first-order valence-electron chi connectivity index (χ1n) is 5.74. The van der Waals surface area contributed by atoms with Crippen LogP contribution in [0.25, 0.3) is 0 Å². The Balaban J connectivity index is 3.54. The molecule has 5 nitrogen and oxygen atoms in total. The first-order chi connectivity index (χ1) is 7.61. The Kier molecular flexibility index (Phi) is 8.29. The first kappa shape index (κ1) is 14.7. The number of amides is 2. The van der Waals surface area contributed by atoms with E-state index in [-0.39, 0.29) is 6.03 Å². The van der Waals surface area contributed by atoms with Crippen molar-refractivity contribution in [1.29, 1.82) is 0 Å². The lowest BCUT2D eigenvalue weighted by molar-refractivity contribution is -0.142. The predicted molar refractivity (Wildman–Crippen MR) is 62.2 cm³/mol. The number of methoxy groups -OCH3 is 1. The van der Waals surface area contributed by atoms with E-state index < -0.39 is 12.0 Å². The summed E-state index contributed by atoms with van der Waals surface area (Å²) in [4.78, 5) is 22.3. The summed E-state index contributed by atoms with van der Waals surface area (Å²) in [6.07, 6.45) is 4.44. The zero-order chi connectivity index (χ0) is 12.4. The molecule has 0 saturated heterocycles. The van der Waals surface area contributed by atoms with Gasteiger partial charge in [-0.2, -0.15) is 0 Å². The average Bonchev–Trinajstić information content (AvgIpc) is 2.27. The third-order valence-corrected chi connectivity index (χ3v) is 2.22.